The normalized spacial score (nSPS) is 11.2. The van der Waals surface area contributed by atoms with E-state index >= 15 is 0 Å². The molecule has 0 atom stereocenters. The average molecular weight is 204 g/mol. The molecular formula is C9H20N2OS. The molecular weight excluding hydrogens is 184 g/mol. The predicted octanol–water partition coefficient (Wildman–Crippen LogP) is 0.755. The van der Waals surface area contributed by atoms with Crippen LogP contribution in [0.1, 0.15) is 26.7 Å². The highest BCUT2D eigenvalue weighted by molar-refractivity contribution is 7.80. The zero-order valence-electron chi connectivity index (χ0n) is 8.49. The molecule has 0 bridgehead atoms. The quantitative estimate of drug-likeness (QED) is 0.601. The van der Waals surface area contributed by atoms with E-state index in [1.165, 1.54) is 0 Å². The second-order valence-corrected chi connectivity index (χ2v) is 3.95. The van der Waals surface area contributed by atoms with Crippen molar-refractivity contribution in [2.75, 3.05) is 19.7 Å². The third-order valence-corrected chi connectivity index (χ3v) is 2.19. The molecule has 0 amide bonds. The maximum atomic E-state index is 8.80. The summed E-state index contributed by atoms with van der Waals surface area (Å²) in [5.74, 6) is 0. The van der Waals surface area contributed by atoms with Crippen molar-refractivity contribution < 1.29 is 5.11 Å². The van der Waals surface area contributed by atoms with Crippen LogP contribution in [-0.4, -0.2) is 40.7 Å². The Balaban J connectivity index is 3.62. The number of rotatable bonds is 7. The number of aliphatic hydroxyl groups is 1. The van der Waals surface area contributed by atoms with Gasteiger partial charge in [0.15, 0.2) is 0 Å². The number of thiocarbonyl (C=S) groups is 1. The molecule has 3 nitrogen and oxygen atoms in total. The van der Waals surface area contributed by atoms with Gasteiger partial charge in [0, 0.05) is 12.6 Å². The minimum Gasteiger partial charge on any atom is -0.395 e. The van der Waals surface area contributed by atoms with Crippen LogP contribution in [0.4, 0.5) is 0 Å². The Labute approximate surface area is 85.9 Å². The van der Waals surface area contributed by atoms with Gasteiger partial charge in [-0.2, -0.15) is 0 Å². The van der Waals surface area contributed by atoms with Gasteiger partial charge in [-0.05, 0) is 33.2 Å². The van der Waals surface area contributed by atoms with Crippen LogP contribution >= 0.6 is 12.2 Å². The molecule has 0 fully saturated rings. The summed E-state index contributed by atoms with van der Waals surface area (Å²) in [6.07, 6.45) is 1.78. The van der Waals surface area contributed by atoms with Crippen LogP contribution in [0.2, 0.25) is 0 Å². The SMILES string of the molecule is CC(C)N(CCO)CCCC(N)=S. The molecule has 0 spiro atoms. The average Bonchev–Trinajstić information content (AvgIpc) is 2.02. The Hall–Kier alpha value is -0.190. The van der Waals surface area contributed by atoms with Gasteiger partial charge >= 0.3 is 0 Å². The van der Waals surface area contributed by atoms with E-state index in [4.69, 9.17) is 23.1 Å². The fourth-order valence-corrected chi connectivity index (χ4v) is 1.36. The van der Waals surface area contributed by atoms with Crippen molar-refractivity contribution in [2.24, 2.45) is 5.73 Å². The molecule has 0 aliphatic rings. The molecule has 0 rings (SSSR count). The number of nitrogens with zero attached hydrogens (tertiary/aromatic N) is 1. The highest BCUT2D eigenvalue weighted by Gasteiger charge is 2.07. The first-order valence-corrected chi connectivity index (χ1v) is 5.12. The van der Waals surface area contributed by atoms with Crippen LogP contribution < -0.4 is 5.73 Å². The maximum Gasteiger partial charge on any atom is 0.0727 e. The van der Waals surface area contributed by atoms with E-state index in [-0.39, 0.29) is 6.61 Å². The highest BCUT2D eigenvalue weighted by atomic mass is 32.1. The summed E-state index contributed by atoms with van der Waals surface area (Å²) < 4.78 is 0. The molecule has 3 N–H and O–H groups in total. The van der Waals surface area contributed by atoms with Gasteiger partial charge in [-0.3, -0.25) is 4.90 Å². The topological polar surface area (TPSA) is 49.5 Å². The van der Waals surface area contributed by atoms with Gasteiger partial charge in [0.25, 0.3) is 0 Å². The Morgan fingerprint density at radius 3 is 2.46 bits per heavy atom. The van der Waals surface area contributed by atoms with Gasteiger partial charge in [0.2, 0.25) is 0 Å². The largest absolute Gasteiger partial charge is 0.395 e. The summed E-state index contributed by atoms with van der Waals surface area (Å²) in [6, 6.07) is 0.471. The van der Waals surface area contributed by atoms with Gasteiger partial charge in [-0.25, -0.2) is 0 Å². The molecule has 0 aliphatic carbocycles. The Morgan fingerprint density at radius 2 is 2.08 bits per heavy atom. The molecule has 0 radical (unpaired) electrons. The summed E-state index contributed by atoms with van der Waals surface area (Å²) in [5.41, 5.74) is 5.39. The Bertz CT molecular complexity index is 151. The second kappa shape index (κ2) is 7.24. The van der Waals surface area contributed by atoms with Crippen LogP contribution in [-0.2, 0) is 0 Å². The summed E-state index contributed by atoms with van der Waals surface area (Å²) in [5, 5.41) is 8.80. The first-order valence-electron chi connectivity index (χ1n) is 4.71. The van der Waals surface area contributed by atoms with Crippen molar-refractivity contribution in [1.29, 1.82) is 0 Å². The first kappa shape index (κ1) is 12.8. The van der Waals surface area contributed by atoms with Crippen LogP contribution in [0.15, 0.2) is 0 Å². The van der Waals surface area contributed by atoms with Gasteiger partial charge < -0.3 is 10.8 Å². The Kier molecular flexibility index (Phi) is 7.13. The van der Waals surface area contributed by atoms with Crippen LogP contribution in [0, 0.1) is 0 Å². The van der Waals surface area contributed by atoms with Crippen molar-refractivity contribution in [2.45, 2.75) is 32.7 Å². The molecule has 0 saturated carbocycles. The van der Waals surface area contributed by atoms with E-state index in [9.17, 15) is 0 Å². The molecule has 0 aromatic rings. The minimum absolute atomic E-state index is 0.214. The van der Waals surface area contributed by atoms with Crippen molar-refractivity contribution in [3.05, 3.63) is 0 Å². The number of aliphatic hydroxyl groups excluding tert-OH is 1. The fourth-order valence-electron chi connectivity index (χ4n) is 1.21. The van der Waals surface area contributed by atoms with Crippen LogP contribution in [0.3, 0.4) is 0 Å². The van der Waals surface area contributed by atoms with E-state index in [2.05, 4.69) is 18.7 Å². The molecule has 0 aliphatic heterocycles. The predicted molar refractivity (Wildman–Crippen MR) is 59.8 cm³/mol. The van der Waals surface area contributed by atoms with E-state index in [1.807, 2.05) is 0 Å². The molecule has 78 valence electrons. The monoisotopic (exact) mass is 204 g/mol. The third-order valence-electron chi connectivity index (χ3n) is 1.99. The number of hydrogen-bond acceptors (Lipinski definition) is 3. The van der Waals surface area contributed by atoms with Gasteiger partial charge in [-0.1, -0.05) is 12.2 Å². The molecule has 4 heteroatoms. The molecule has 0 unspecified atom stereocenters. The Morgan fingerprint density at radius 1 is 1.46 bits per heavy atom. The van der Waals surface area contributed by atoms with Crippen molar-refractivity contribution in [1.82, 2.24) is 4.90 Å². The molecule has 0 aromatic carbocycles. The summed E-state index contributed by atoms with van der Waals surface area (Å²) in [4.78, 5) is 2.80. The molecule has 0 heterocycles. The third kappa shape index (κ3) is 6.93. The van der Waals surface area contributed by atoms with E-state index < -0.39 is 0 Å². The van der Waals surface area contributed by atoms with E-state index in [0.717, 1.165) is 25.9 Å². The number of nitrogens with two attached hydrogens (primary N) is 1. The van der Waals surface area contributed by atoms with Crippen molar-refractivity contribution in [3.63, 3.8) is 0 Å². The second-order valence-electron chi connectivity index (χ2n) is 3.42. The minimum atomic E-state index is 0.214. The lowest BCUT2D eigenvalue weighted by Gasteiger charge is -2.25. The molecule has 13 heavy (non-hydrogen) atoms. The molecule has 0 aromatic heterocycles. The molecule has 0 saturated heterocycles. The van der Waals surface area contributed by atoms with Crippen LogP contribution in [0.5, 0.6) is 0 Å². The summed E-state index contributed by atoms with van der Waals surface area (Å²) in [6.45, 7) is 6.14. The lowest BCUT2D eigenvalue weighted by atomic mass is 10.2. The standard InChI is InChI=1S/C9H20N2OS/c1-8(2)11(6-7-12)5-3-4-9(10)13/h8,12H,3-7H2,1-2H3,(H2,10,13). The van der Waals surface area contributed by atoms with Gasteiger partial charge in [-0.15, -0.1) is 0 Å². The van der Waals surface area contributed by atoms with E-state index in [1.54, 1.807) is 0 Å². The van der Waals surface area contributed by atoms with Gasteiger partial charge in [0.1, 0.15) is 0 Å². The lowest BCUT2D eigenvalue weighted by Crippen LogP contribution is -2.34. The summed E-state index contributed by atoms with van der Waals surface area (Å²) >= 11 is 4.79. The van der Waals surface area contributed by atoms with Crippen molar-refractivity contribution in [3.8, 4) is 0 Å². The zero-order chi connectivity index (χ0) is 10.3. The van der Waals surface area contributed by atoms with Crippen molar-refractivity contribution >= 4 is 17.2 Å². The van der Waals surface area contributed by atoms with Gasteiger partial charge in [0.05, 0.1) is 11.6 Å². The number of hydrogen-bond donors (Lipinski definition) is 2. The first-order chi connectivity index (χ1) is 6.07. The summed E-state index contributed by atoms with van der Waals surface area (Å²) in [7, 11) is 0. The zero-order valence-corrected chi connectivity index (χ0v) is 9.31. The lowest BCUT2D eigenvalue weighted by molar-refractivity contribution is 0.165. The highest BCUT2D eigenvalue weighted by Crippen LogP contribution is 2.00. The smallest absolute Gasteiger partial charge is 0.0727 e. The fraction of sp³-hybridized carbons (Fsp3) is 0.889. The maximum absolute atomic E-state index is 8.80. The van der Waals surface area contributed by atoms with E-state index in [0.29, 0.717) is 11.0 Å². The van der Waals surface area contributed by atoms with Crippen LogP contribution in [0.25, 0.3) is 0 Å².